The Balaban J connectivity index is 1.80. The number of fused-ring (bicyclic) bond motifs is 1. The lowest BCUT2D eigenvalue weighted by Gasteiger charge is -2.25. The predicted octanol–water partition coefficient (Wildman–Crippen LogP) is 3.14. The molecule has 1 saturated heterocycles. The number of nitrogens with two attached hydrogens (primary N) is 1. The fraction of sp³-hybridized carbons (Fsp3) is 0.421. The maximum atomic E-state index is 12.8. The lowest BCUT2D eigenvalue weighted by Crippen LogP contribution is -2.36. The Morgan fingerprint density at radius 1 is 1.27 bits per heavy atom. The topological polar surface area (TPSA) is 46.3 Å². The van der Waals surface area contributed by atoms with E-state index in [1.165, 1.54) is 10.8 Å². The van der Waals surface area contributed by atoms with Gasteiger partial charge in [-0.2, -0.15) is 0 Å². The molecule has 2 aromatic rings. The smallest absolute Gasteiger partial charge is 0.229 e. The molecule has 1 amide bonds. The van der Waals surface area contributed by atoms with Crippen molar-refractivity contribution < 1.29 is 4.79 Å². The van der Waals surface area contributed by atoms with Gasteiger partial charge < -0.3 is 10.6 Å². The lowest BCUT2D eigenvalue weighted by atomic mass is 9.90. The first-order valence-electron chi connectivity index (χ1n) is 8.00. The van der Waals surface area contributed by atoms with Crippen molar-refractivity contribution in [2.45, 2.75) is 26.2 Å². The van der Waals surface area contributed by atoms with Gasteiger partial charge in [-0.3, -0.25) is 4.79 Å². The summed E-state index contributed by atoms with van der Waals surface area (Å²) in [4.78, 5) is 14.7. The largest absolute Gasteiger partial charge is 0.342 e. The Bertz CT molecular complexity index is 697. The first-order chi connectivity index (χ1) is 10.5. The zero-order chi connectivity index (χ0) is 15.7. The van der Waals surface area contributed by atoms with Crippen LogP contribution in [-0.4, -0.2) is 30.4 Å². The number of hydrogen-bond donors (Lipinski definition) is 1. The molecular weight excluding hydrogens is 272 g/mol. The predicted molar refractivity (Wildman–Crippen MR) is 90.7 cm³/mol. The first kappa shape index (κ1) is 15.0. The third kappa shape index (κ3) is 2.73. The fourth-order valence-electron chi connectivity index (χ4n) is 3.27. The third-order valence-electron chi connectivity index (χ3n) is 5.01. The average Bonchev–Trinajstić information content (AvgIpc) is 2.96. The van der Waals surface area contributed by atoms with E-state index in [2.05, 4.69) is 37.3 Å². The maximum absolute atomic E-state index is 12.8. The van der Waals surface area contributed by atoms with E-state index in [1.807, 2.05) is 24.0 Å². The van der Waals surface area contributed by atoms with Crippen LogP contribution < -0.4 is 5.73 Å². The van der Waals surface area contributed by atoms with Gasteiger partial charge in [-0.1, -0.05) is 49.4 Å². The molecule has 2 atom stereocenters. The van der Waals surface area contributed by atoms with Gasteiger partial charge in [0.25, 0.3) is 0 Å². The second kappa shape index (κ2) is 5.73. The van der Waals surface area contributed by atoms with E-state index in [9.17, 15) is 4.79 Å². The Morgan fingerprint density at radius 3 is 2.68 bits per heavy atom. The van der Waals surface area contributed by atoms with Crippen molar-refractivity contribution in [3.63, 3.8) is 0 Å². The molecule has 3 nitrogen and oxygen atoms in total. The van der Waals surface area contributed by atoms with Crippen molar-refractivity contribution in [1.82, 2.24) is 4.90 Å². The molecule has 3 heteroatoms. The molecule has 1 fully saturated rings. The molecule has 3 rings (SSSR count). The van der Waals surface area contributed by atoms with Crippen LogP contribution in [0.5, 0.6) is 0 Å². The highest BCUT2D eigenvalue weighted by Gasteiger charge is 2.36. The number of amides is 1. The van der Waals surface area contributed by atoms with Gasteiger partial charge >= 0.3 is 0 Å². The minimum atomic E-state index is -0.107. The van der Waals surface area contributed by atoms with Gasteiger partial charge in [0.1, 0.15) is 0 Å². The number of rotatable bonds is 3. The minimum absolute atomic E-state index is 0.0821. The fourth-order valence-corrected chi connectivity index (χ4v) is 3.27. The number of carbonyl (C=O) groups is 1. The van der Waals surface area contributed by atoms with Crippen LogP contribution in [0.25, 0.3) is 10.8 Å². The summed E-state index contributed by atoms with van der Waals surface area (Å²) >= 11 is 0. The van der Waals surface area contributed by atoms with E-state index in [4.69, 9.17) is 5.73 Å². The summed E-state index contributed by atoms with van der Waals surface area (Å²) < 4.78 is 0. The molecular formula is C19H24N2O. The molecule has 116 valence electrons. The van der Waals surface area contributed by atoms with E-state index in [1.54, 1.807) is 0 Å². The van der Waals surface area contributed by atoms with Gasteiger partial charge in [-0.25, -0.2) is 0 Å². The summed E-state index contributed by atoms with van der Waals surface area (Å²) in [5.74, 6) is 0.109. The molecule has 0 aromatic heterocycles. The molecule has 0 saturated carbocycles. The van der Waals surface area contributed by atoms with E-state index in [0.29, 0.717) is 6.54 Å². The quantitative estimate of drug-likeness (QED) is 0.946. The van der Waals surface area contributed by atoms with Crippen molar-refractivity contribution in [3.8, 4) is 0 Å². The Kier molecular flexibility index (Phi) is 3.92. The Morgan fingerprint density at radius 2 is 2.00 bits per heavy atom. The standard InChI is InChI=1S/C19H24N2O/c1-14(18(22)21-10-9-19(2,12-20)13-21)16-8-7-15-5-3-4-6-17(15)11-16/h3-8,11,14H,9-10,12-13,20H2,1-2H3. The Labute approximate surface area is 132 Å². The minimum Gasteiger partial charge on any atom is -0.342 e. The summed E-state index contributed by atoms with van der Waals surface area (Å²) in [6.45, 7) is 6.41. The Hall–Kier alpha value is -1.87. The molecule has 2 N–H and O–H groups in total. The second-order valence-electron chi connectivity index (χ2n) is 6.85. The highest BCUT2D eigenvalue weighted by Crippen LogP contribution is 2.31. The molecule has 0 bridgehead atoms. The summed E-state index contributed by atoms with van der Waals surface area (Å²) in [6.07, 6.45) is 1.000. The highest BCUT2D eigenvalue weighted by atomic mass is 16.2. The van der Waals surface area contributed by atoms with Crippen LogP contribution in [0, 0.1) is 5.41 Å². The lowest BCUT2D eigenvalue weighted by molar-refractivity contribution is -0.131. The van der Waals surface area contributed by atoms with E-state index >= 15 is 0 Å². The molecule has 0 aliphatic carbocycles. The second-order valence-corrected chi connectivity index (χ2v) is 6.85. The van der Waals surface area contributed by atoms with Crippen molar-refractivity contribution in [3.05, 3.63) is 48.0 Å². The molecule has 2 aromatic carbocycles. The number of hydrogen-bond acceptors (Lipinski definition) is 2. The van der Waals surface area contributed by atoms with E-state index in [0.717, 1.165) is 25.1 Å². The van der Waals surface area contributed by atoms with Gasteiger partial charge in [-0.15, -0.1) is 0 Å². The van der Waals surface area contributed by atoms with Crippen LogP contribution in [0.3, 0.4) is 0 Å². The average molecular weight is 296 g/mol. The van der Waals surface area contributed by atoms with Crippen LogP contribution in [0.4, 0.5) is 0 Å². The normalized spacial score (nSPS) is 23.0. The van der Waals surface area contributed by atoms with E-state index in [-0.39, 0.29) is 17.2 Å². The molecule has 1 aliphatic rings. The van der Waals surface area contributed by atoms with Gasteiger partial charge in [0.2, 0.25) is 5.91 Å². The number of likely N-dealkylation sites (tertiary alicyclic amines) is 1. The SMILES string of the molecule is CC(C(=O)N1CCC(C)(CN)C1)c1ccc2ccccc2c1. The van der Waals surface area contributed by atoms with Gasteiger partial charge in [0.05, 0.1) is 5.92 Å². The number of benzene rings is 2. The van der Waals surface area contributed by atoms with Crippen molar-refractivity contribution in [2.75, 3.05) is 19.6 Å². The van der Waals surface area contributed by atoms with Gasteiger partial charge in [0.15, 0.2) is 0 Å². The monoisotopic (exact) mass is 296 g/mol. The van der Waals surface area contributed by atoms with Crippen molar-refractivity contribution >= 4 is 16.7 Å². The zero-order valence-electron chi connectivity index (χ0n) is 13.4. The zero-order valence-corrected chi connectivity index (χ0v) is 13.4. The summed E-state index contributed by atoms with van der Waals surface area (Å²) in [5.41, 5.74) is 7.01. The first-order valence-corrected chi connectivity index (χ1v) is 8.00. The molecule has 1 heterocycles. The van der Waals surface area contributed by atoms with Crippen molar-refractivity contribution in [1.29, 1.82) is 0 Å². The molecule has 1 aliphatic heterocycles. The third-order valence-corrected chi connectivity index (χ3v) is 5.01. The summed E-state index contributed by atoms with van der Waals surface area (Å²) in [5, 5.41) is 2.40. The van der Waals surface area contributed by atoms with Crippen LogP contribution >= 0.6 is 0 Å². The van der Waals surface area contributed by atoms with Crippen LogP contribution in [0.2, 0.25) is 0 Å². The molecule has 2 unspecified atom stereocenters. The molecule has 0 radical (unpaired) electrons. The van der Waals surface area contributed by atoms with Crippen LogP contribution in [0.1, 0.15) is 31.7 Å². The maximum Gasteiger partial charge on any atom is 0.229 e. The number of carbonyl (C=O) groups excluding carboxylic acids is 1. The van der Waals surface area contributed by atoms with Gasteiger partial charge in [0, 0.05) is 13.1 Å². The molecule has 0 spiro atoms. The molecule has 22 heavy (non-hydrogen) atoms. The van der Waals surface area contributed by atoms with E-state index < -0.39 is 0 Å². The van der Waals surface area contributed by atoms with Gasteiger partial charge in [-0.05, 0) is 41.6 Å². The summed E-state index contributed by atoms with van der Waals surface area (Å²) in [6, 6.07) is 14.6. The highest BCUT2D eigenvalue weighted by molar-refractivity contribution is 5.87. The van der Waals surface area contributed by atoms with Crippen LogP contribution in [0.15, 0.2) is 42.5 Å². The summed E-state index contributed by atoms with van der Waals surface area (Å²) in [7, 11) is 0. The van der Waals surface area contributed by atoms with Crippen LogP contribution in [-0.2, 0) is 4.79 Å². The van der Waals surface area contributed by atoms with Crippen molar-refractivity contribution in [2.24, 2.45) is 11.1 Å². The number of nitrogens with zero attached hydrogens (tertiary/aromatic N) is 1.